The summed E-state index contributed by atoms with van der Waals surface area (Å²) in [6.07, 6.45) is 1.06. The molecule has 0 radical (unpaired) electrons. The van der Waals surface area contributed by atoms with E-state index >= 15 is 0 Å². The Bertz CT molecular complexity index is 337. The highest BCUT2D eigenvalue weighted by molar-refractivity contribution is 5.57. The lowest BCUT2D eigenvalue weighted by Gasteiger charge is -2.15. The zero-order valence-corrected chi connectivity index (χ0v) is 8.72. The number of methoxy groups -OCH3 is 1. The van der Waals surface area contributed by atoms with E-state index in [1.807, 2.05) is 0 Å². The van der Waals surface area contributed by atoms with Gasteiger partial charge in [-0.15, -0.1) is 0 Å². The van der Waals surface area contributed by atoms with Crippen molar-refractivity contribution in [2.24, 2.45) is 0 Å². The number of ether oxygens (including phenoxy) is 1. The molecule has 0 saturated carbocycles. The van der Waals surface area contributed by atoms with Crippen molar-refractivity contribution in [1.29, 1.82) is 0 Å². The van der Waals surface area contributed by atoms with E-state index in [1.54, 1.807) is 13.2 Å². The predicted molar refractivity (Wildman–Crippen MR) is 57.8 cm³/mol. The molecule has 1 heterocycles. The maximum Gasteiger partial charge on any atom is 0.142 e. The van der Waals surface area contributed by atoms with Gasteiger partial charge in [-0.05, 0) is 25.1 Å². The van der Waals surface area contributed by atoms with Crippen molar-refractivity contribution in [3.8, 4) is 5.75 Å². The third kappa shape index (κ3) is 2.39. The Kier molecular flexibility index (Phi) is 3.06. The maximum atomic E-state index is 13.0. The van der Waals surface area contributed by atoms with Crippen LogP contribution in [0.25, 0.3) is 0 Å². The second-order valence-electron chi connectivity index (χ2n) is 3.68. The average Bonchev–Trinajstić information content (AvgIpc) is 2.71. The van der Waals surface area contributed by atoms with Crippen LogP contribution in [0.3, 0.4) is 0 Å². The first-order chi connectivity index (χ1) is 7.29. The van der Waals surface area contributed by atoms with Gasteiger partial charge in [0.25, 0.3) is 0 Å². The number of hydrogen-bond acceptors (Lipinski definition) is 3. The zero-order chi connectivity index (χ0) is 10.7. The molecule has 82 valence electrons. The molecule has 4 heteroatoms. The van der Waals surface area contributed by atoms with E-state index in [-0.39, 0.29) is 5.82 Å². The van der Waals surface area contributed by atoms with Crippen LogP contribution in [0.1, 0.15) is 6.42 Å². The van der Waals surface area contributed by atoms with Crippen molar-refractivity contribution in [2.75, 3.05) is 25.5 Å². The molecule has 1 aliphatic rings. The molecule has 1 atom stereocenters. The Balaban J connectivity index is 2.14. The highest BCUT2D eigenvalue weighted by atomic mass is 19.1. The fraction of sp³-hybridized carbons (Fsp3) is 0.455. The van der Waals surface area contributed by atoms with Crippen LogP contribution in [0.5, 0.6) is 5.75 Å². The van der Waals surface area contributed by atoms with Crippen LogP contribution in [0.2, 0.25) is 0 Å². The minimum Gasteiger partial charge on any atom is -0.495 e. The van der Waals surface area contributed by atoms with Gasteiger partial charge in [-0.2, -0.15) is 0 Å². The number of rotatable bonds is 3. The maximum absolute atomic E-state index is 13.0. The molecule has 0 spiro atoms. The molecule has 1 aromatic carbocycles. The Hall–Kier alpha value is -1.29. The molecular formula is C11H15FN2O. The van der Waals surface area contributed by atoms with E-state index < -0.39 is 0 Å². The summed E-state index contributed by atoms with van der Waals surface area (Å²) >= 11 is 0. The van der Waals surface area contributed by atoms with Gasteiger partial charge in [0.2, 0.25) is 0 Å². The summed E-state index contributed by atoms with van der Waals surface area (Å²) in [6.45, 7) is 1.93. The standard InChI is InChI=1S/C11H15FN2O/c1-15-11-3-2-8(12)6-10(11)14-9-4-5-13-7-9/h2-3,6,9,13-14H,4-5,7H2,1H3. The van der Waals surface area contributed by atoms with Gasteiger partial charge in [-0.25, -0.2) is 4.39 Å². The molecule has 0 aromatic heterocycles. The van der Waals surface area contributed by atoms with Gasteiger partial charge in [0, 0.05) is 18.7 Å². The molecule has 1 aromatic rings. The molecule has 1 aliphatic heterocycles. The number of benzene rings is 1. The molecule has 0 amide bonds. The summed E-state index contributed by atoms with van der Waals surface area (Å²) in [5.41, 5.74) is 0.728. The van der Waals surface area contributed by atoms with Gasteiger partial charge >= 0.3 is 0 Å². The quantitative estimate of drug-likeness (QED) is 0.795. The third-order valence-corrected chi connectivity index (χ3v) is 2.58. The van der Waals surface area contributed by atoms with E-state index in [4.69, 9.17) is 4.74 Å². The minimum absolute atomic E-state index is 0.246. The first-order valence-corrected chi connectivity index (χ1v) is 5.10. The number of halogens is 1. The van der Waals surface area contributed by atoms with Crippen molar-refractivity contribution < 1.29 is 9.13 Å². The lowest BCUT2D eigenvalue weighted by Crippen LogP contribution is -2.22. The summed E-state index contributed by atoms with van der Waals surface area (Å²) in [6, 6.07) is 4.87. The number of nitrogens with one attached hydrogen (secondary N) is 2. The van der Waals surface area contributed by atoms with Crippen molar-refractivity contribution in [3.05, 3.63) is 24.0 Å². The molecule has 1 fully saturated rings. The lowest BCUT2D eigenvalue weighted by molar-refractivity contribution is 0.415. The highest BCUT2D eigenvalue weighted by Gasteiger charge is 2.15. The Morgan fingerprint density at radius 1 is 1.53 bits per heavy atom. The number of anilines is 1. The fourth-order valence-electron chi connectivity index (χ4n) is 1.79. The smallest absolute Gasteiger partial charge is 0.142 e. The van der Waals surface area contributed by atoms with E-state index in [0.717, 1.165) is 25.2 Å². The summed E-state index contributed by atoms with van der Waals surface area (Å²) in [5, 5.41) is 6.52. The van der Waals surface area contributed by atoms with Crippen LogP contribution in [0.15, 0.2) is 18.2 Å². The molecule has 2 rings (SSSR count). The molecule has 0 aliphatic carbocycles. The Morgan fingerprint density at radius 3 is 3.07 bits per heavy atom. The number of hydrogen-bond donors (Lipinski definition) is 2. The van der Waals surface area contributed by atoms with Crippen molar-refractivity contribution in [1.82, 2.24) is 5.32 Å². The molecule has 2 N–H and O–H groups in total. The molecule has 1 saturated heterocycles. The Labute approximate surface area is 88.6 Å². The topological polar surface area (TPSA) is 33.3 Å². The van der Waals surface area contributed by atoms with Crippen molar-refractivity contribution in [2.45, 2.75) is 12.5 Å². The van der Waals surface area contributed by atoms with Gasteiger partial charge < -0.3 is 15.4 Å². The van der Waals surface area contributed by atoms with E-state index in [2.05, 4.69) is 10.6 Å². The van der Waals surface area contributed by atoms with E-state index in [9.17, 15) is 4.39 Å². The van der Waals surface area contributed by atoms with Crippen molar-refractivity contribution >= 4 is 5.69 Å². The van der Waals surface area contributed by atoms with E-state index in [0.29, 0.717) is 11.8 Å². The summed E-state index contributed by atoms with van der Waals surface area (Å²) < 4.78 is 18.2. The Morgan fingerprint density at radius 2 is 2.40 bits per heavy atom. The molecule has 0 bridgehead atoms. The summed E-state index contributed by atoms with van der Waals surface area (Å²) in [7, 11) is 1.59. The van der Waals surface area contributed by atoms with Gasteiger partial charge in [-0.1, -0.05) is 0 Å². The molecule has 15 heavy (non-hydrogen) atoms. The van der Waals surface area contributed by atoms with Crippen molar-refractivity contribution in [3.63, 3.8) is 0 Å². The summed E-state index contributed by atoms with van der Waals surface area (Å²) in [5.74, 6) is 0.438. The van der Waals surface area contributed by atoms with Crippen LogP contribution in [0.4, 0.5) is 10.1 Å². The fourth-order valence-corrected chi connectivity index (χ4v) is 1.79. The normalized spacial score (nSPS) is 20.3. The van der Waals surface area contributed by atoms with Crippen LogP contribution in [-0.4, -0.2) is 26.2 Å². The van der Waals surface area contributed by atoms with E-state index in [1.165, 1.54) is 12.1 Å². The minimum atomic E-state index is -0.246. The van der Waals surface area contributed by atoms with Gasteiger partial charge in [0.15, 0.2) is 0 Å². The van der Waals surface area contributed by atoms with Crippen LogP contribution < -0.4 is 15.4 Å². The molecule has 1 unspecified atom stereocenters. The zero-order valence-electron chi connectivity index (χ0n) is 8.72. The second kappa shape index (κ2) is 4.49. The first-order valence-electron chi connectivity index (χ1n) is 5.10. The second-order valence-corrected chi connectivity index (χ2v) is 3.68. The van der Waals surface area contributed by atoms with Crippen LogP contribution in [0, 0.1) is 5.82 Å². The van der Waals surface area contributed by atoms with Gasteiger partial charge in [0.1, 0.15) is 11.6 Å². The van der Waals surface area contributed by atoms with Gasteiger partial charge in [-0.3, -0.25) is 0 Å². The molecular weight excluding hydrogens is 195 g/mol. The average molecular weight is 210 g/mol. The van der Waals surface area contributed by atoms with Crippen LogP contribution >= 0.6 is 0 Å². The highest BCUT2D eigenvalue weighted by Crippen LogP contribution is 2.26. The molecule has 3 nitrogen and oxygen atoms in total. The summed E-state index contributed by atoms with van der Waals surface area (Å²) in [4.78, 5) is 0. The lowest BCUT2D eigenvalue weighted by atomic mass is 10.2. The predicted octanol–water partition coefficient (Wildman–Crippen LogP) is 1.61. The van der Waals surface area contributed by atoms with Crippen LogP contribution in [-0.2, 0) is 0 Å². The monoisotopic (exact) mass is 210 g/mol. The third-order valence-electron chi connectivity index (χ3n) is 2.58. The van der Waals surface area contributed by atoms with Gasteiger partial charge in [0.05, 0.1) is 12.8 Å². The SMILES string of the molecule is COc1ccc(F)cc1NC1CCNC1. The largest absolute Gasteiger partial charge is 0.495 e. The first kappa shape index (κ1) is 10.2.